The maximum Gasteiger partial charge on any atom is 0.136 e. The molecule has 0 radical (unpaired) electrons. The van der Waals surface area contributed by atoms with Gasteiger partial charge in [0, 0.05) is 11.5 Å². The number of rotatable bonds is 6. The van der Waals surface area contributed by atoms with Gasteiger partial charge in [-0.3, -0.25) is 0 Å². The van der Waals surface area contributed by atoms with Crippen molar-refractivity contribution in [2.45, 2.75) is 13.8 Å². The van der Waals surface area contributed by atoms with Gasteiger partial charge in [-0.25, -0.2) is 0 Å². The van der Waals surface area contributed by atoms with Gasteiger partial charge in [-0.15, -0.1) is 0 Å². The third-order valence-electron chi connectivity index (χ3n) is 7.33. The summed E-state index contributed by atoms with van der Waals surface area (Å²) in [7, 11) is 0. The third kappa shape index (κ3) is 3.19. The number of thiol groups is 2. The van der Waals surface area contributed by atoms with Crippen LogP contribution in [0.4, 0.5) is 0 Å². The van der Waals surface area contributed by atoms with Gasteiger partial charge in [0.15, 0.2) is 0 Å². The molecule has 0 N–H and O–H groups in total. The van der Waals surface area contributed by atoms with Gasteiger partial charge in [0.25, 0.3) is 0 Å². The van der Waals surface area contributed by atoms with E-state index in [9.17, 15) is 0 Å². The number of benzene rings is 2. The first-order chi connectivity index (χ1) is 17.1. The van der Waals surface area contributed by atoms with Crippen LogP contribution in [0, 0.1) is 5.41 Å². The van der Waals surface area contributed by atoms with Crippen LogP contribution in [0.2, 0.25) is 0 Å². The molecule has 0 atom stereocenters. The van der Waals surface area contributed by atoms with Crippen LogP contribution in [0.5, 0.6) is 0 Å². The van der Waals surface area contributed by atoms with Crippen LogP contribution in [-0.4, -0.2) is 24.7 Å². The van der Waals surface area contributed by atoms with Gasteiger partial charge in [0.1, 0.15) is 16.9 Å². The molecule has 4 heteroatoms. The number of hydrogen-bond donors (Lipinski definition) is 2. The lowest BCUT2D eigenvalue weighted by molar-refractivity contribution is 0.131. The molecule has 2 aromatic rings. The zero-order valence-corrected chi connectivity index (χ0v) is 21.8. The fraction of sp³-hybridized carbons (Fsp3) is 0.226. The Labute approximate surface area is 218 Å². The summed E-state index contributed by atoms with van der Waals surface area (Å²) in [6.07, 6.45) is 9.12. The molecule has 176 valence electrons. The summed E-state index contributed by atoms with van der Waals surface area (Å²) in [6, 6.07) is 17.3. The van der Waals surface area contributed by atoms with E-state index in [1.54, 1.807) is 0 Å². The Morgan fingerprint density at radius 3 is 1.49 bits per heavy atom. The molecule has 1 spiro atoms. The smallest absolute Gasteiger partial charge is 0.136 e. The van der Waals surface area contributed by atoms with Crippen molar-refractivity contribution >= 4 is 48.6 Å². The van der Waals surface area contributed by atoms with Crippen LogP contribution >= 0.6 is 25.3 Å². The predicted molar refractivity (Wildman–Crippen MR) is 152 cm³/mol. The van der Waals surface area contributed by atoms with Crippen LogP contribution in [0.3, 0.4) is 0 Å². The minimum absolute atomic E-state index is 0.525. The summed E-state index contributed by atoms with van der Waals surface area (Å²) in [5, 5.41) is 0. The van der Waals surface area contributed by atoms with Gasteiger partial charge >= 0.3 is 0 Å². The van der Waals surface area contributed by atoms with Gasteiger partial charge in [-0.2, -0.15) is 25.3 Å². The van der Waals surface area contributed by atoms with Crippen molar-refractivity contribution < 1.29 is 9.47 Å². The summed E-state index contributed by atoms with van der Waals surface area (Å²) in [4.78, 5) is 0. The average Bonchev–Trinajstić information content (AvgIpc) is 3.45. The van der Waals surface area contributed by atoms with E-state index in [-0.39, 0.29) is 0 Å². The van der Waals surface area contributed by atoms with Gasteiger partial charge in [0.2, 0.25) is 0 Å². The van der Waals surface area contributed by atoms with Crippen LogP contribution < -0.4 is 0 Å². The first kappa shape index (κ1) is 22.6. The Balaban J connectivity index is 1.68. The van der Waals surface area contributed by atoms with Gasteiger partial charge in [0.05, 0.1) is 13.2 Å². The molecule has 4 aliphatic rings. The molecule has 0 aliphatic heterocycles. The van der Waals surface area contributed by atoms with E-state index in [2.05, 4.69) is 112 Å². The number of fused-ring (bicyclic) bond motifs is 8. The minimum atomic E-state index is -0.673. The molecule has 0 unspecified atom stereocenters. The van der Waals surface area contributed by atoms with E-state index in [4.69, 9.17) is 9.47 Å². The highest BCUT2D eigenvalue weighted by atomic mass is 32.1. The maximum absolute atomic E-state index is 6.56. The molecule has 0 saturated heterocycles. The highest BCUT2D eigenvalue weighted by Gasteiger charge is 2.56. The first-order valence-corrected chi connectivity index (χ1v) is 13.3. The second-order valence-corrected chi connectivity index (χ2v) is 10.2. The Hall–Kier alpha value is -2.82. The Kier molecular flexibility index (Phi) is 5.62. The molecule has 0 saturated carbocycles. The molecule has 0 fully saturated rings. The zero-order chi connectivity index (χ0) is 24.2. The van der Waals surface area contributed by atoms with E-state index in [0.29, 0.717) is 24.7 Å². The Bertz CT molecular complexity index is 1320. The molecule has 0 amide bonds. The summed E-state index contributed by atoms with van der Waals surface area (Å²) in [6.45, 7) is 5.42. The minimum Gasteiger partial charge on any atom is -0.495 e. The van der Waals surface area contributed by atoms with Gasteiger partial charge in [-0.1, -0.05) is 48.5 Å². The molecule has 0 aromatic heterocycles. The monoisotopic (exact) mass is 496 g/mol. The van der Waals surface area contributed by atoms with Crippen molar-refractivity contribution in [1.82, 2.24) is 0 Å². The molecule has 2 aromatic carbocycles. The van der Waals surface area contributed by atoms with Crippen molar-refractivity contribution in [1.29, 1.82) is 0 Å². The molecule has 0 heterocycles. The largest absolute Gasteiger partial charge is 0.495 e. The normalized spacial score (nSPS) is 18.9. The Morgan fingerprint density at radius 1 is 0.629 bits per heavy atom. The van der Waals surface area contributed by atoms with E-state index in [1.807, 2.05) is 0 Å². The summed E-state index contributed by atoms with van der Waals surface area (Å²) in [5.74, 6) is 3.09. The second-order valence-electron chi connectivity index (χ2n) is 9.32. The van der Waals surface area contributed by atoms with Gasteiger partial charge in [-0.05, 0) is 93.8 Å². The molecule has 0 bridgehead atoms. The van der Waals surface area contributed by atoms with Crippen molar-refractivity contribution in [3.05, 3.63) is 117 Å². The lowest BCUT2D eigenvalue weighted by Gasteiger charge is -2.45. The summed E-state index contributed by atoms with van der Waals surface area (Å²) in [5.41, 5.74) is 11.7. The van der Waals surface area contributed by atoms with E-state index in [1.165, 1.54) is 55.7 Å². The fourth-order valence-corrected chi connectivity index (χ4v) is 6.23. The van der Waals surface area contributed by atoms with Crippen molar-refractivity contribution in [3.8, 4) is 0 Å². The molecular weight excluding hydrogens is 468 g/mol. The maximum atomic E-state index is 6.56. The van der Waals surface area contributed by atoms with Crippen LogP contribution in [0.1, 0.15) is 36.1 Å². The average molecular weight is 497 g/mol. The van der Waals surface area contributed by atoms with Crippen molar-refractivity contribution in [2.24, 2.45) is 5.41 Å². The van der Waals surface area contributed by atoms with E-state index >= 15 is 0 Å². The van der Waals surface area contributed by atoms with Crippen LogP contribution in [0.25, 0.3) is 23.3 Å². The van der Waals surface area contributed by atoms with Crippen LogP contribution in [-0.2, 0) is 9.47 Å². The van der Waals surface area contributed by atoms with Crippen molar-refractivity contribution in [3.63, 3.8) is 0 Å². The van der Waals surface area contributed by atoms with E-state index < -0.39 is 5.41 Å². The molecule has 4 aliphatic carbocycles. The summed E-state index contributed by atoms with van der Waals surface area (Å²) < 4.78 is 13.1. The lowest BCUT2D eigenvalue weighted by atomic mass is 9.61. The number of allylic oxidation sites excluding steroid dienone is 6. The molecule has 6 rings (SSSR count). The molecule has 35 heavy (non-hydrogen) atoms. The molecular formula is C31H28O2S2. The number of ether oxygens (including phenoxy) is 2. The topological polar surface area (TPSA) is 18.5 Å². The predicted octanol–water partition coefficient (Wildman–Crippen LogP) is 7.40. The van der Waals surface area contributed by atoms with Gasteiger partial charge < -0.3 is 9.47 Å². The highest BCUT2D eigenvalue weighted by Crippen LogP contribution is 2.66. The first-order valence-electron chi connectivity index (χ1n) is 12.1. The quantitative estimate of drug-likeness (QED) is 0.406. The Morgan fingerprint density at radius 2 is 1.06 bits per heavy atom. The highest BCUT2D eigenvalue weighted by molar-refractivity contribution is 7.80. The second kappa shape index (κ2) is 8.69. The van der Waals surface area contributed by atoms with Crippen LogP contribution in [0.15, 0.2) is 94.5 Å². The number of hydrogen-bond acceptors (Lipinski definition) is 4. The van der Waals surface area contributed by atoms with E-state index in [0.717, 1.165) is 11.5 Å². The lowest BCUT2D eigenvalue weighted by Crippen LogP contribution is -2.37. The standard InChI is InChI=1S/C31H28O2S2/c1-19-15-27(32-11-13-34)31(25-17-21-7-3-5-9-23(21)29(19)25)26-18-22-8-4-6-10-24(22)30(26)20(2)16-28(31)33-12-14-35/h3-10,15-18,34-35H,11-14H2,1-2H3. The molecule has 2 nitrogen and oxygen atoms in total. The summed E-state index contributed by atoms with van der Waals surface area (Å²) >= 11 is 8.92. The zero-order valence-electron chi connectivity index (χ0n) is 20.0. The SMILES string of the molecule is CC1=C2C(=Cc3ccccc32)C2(C(OCCS)=C1)C(OCCS)=CC(C)=C1C2=Cc2ccccc21. The fourth-order valence-electron chi connectivity index (χ4n) is 6.05. The van der Waals surface area contributed by atoms with Crippen molar-refractivity contribution in [2.75, 3.05) is 24.7 Å². The third-order valence-corrected chi connectivity index (χ3v) is 7.69.